The van der Waals surface area contributed by atoms with Crippen LogP contribution in [0.3, 0.4) is 0 Å². The van der Waals surface area contributed by atoms with Gasteiger partial charge in [-0.05, 0) is 47.6 Å². The number of rotatable bonds is 6. The monoisotopic (exact) mass is 292 g/mol. The second-order valence-electron chi connectivity index (χ2n) is 5.48. The summed E-state index contributed by atoms with van der Waals surface area (Å²) in [7, 11) is 0. The highest BCUT2D eigenvalue weighted by Crippen LogP contribution is 2.14. The molecule has 0 aliphatic rings. The van der Waals surface area contributed by atoms with Gasteiger partial charge in [-0.3, -0.25) is 4.79 Å². The zero-order chi connectivity index (χ0) is 15.2. The lowest BCUT2D eigenvalue weighted by atomic mass is 10.1. The number of carbonyl (C=O) groups is 1. The lowest BCUT2D eigenvalue weighted by Gasteiger charge is -2.06. The van der Waals surface area contributed by atoms with Crippen molar-refractivity contribution in [3.8, 4) is 0 Å². The predicted molar refractivity (Wildman–Crippen MR) is 89.8 cm³/mol. The van der Waals surface area contributed by atoms with E-state index in [1.165, 1.54) is 16.5 Å². The molecule has 0 aliphatic heterocycles. The molecule has 3 aromatic rings. The van der Waals surface area contributed by atoms with Crippen molar-refractivity contribution in [3.63, 3.8) is 0 Å². The number of benzene rings is 2. The average molecular weight is 292 g/mol. The highest BCUT2D eigenvalue weighted by Gasteiger charge is 2.02. The van der Waals surface area contributed by atoms with Crippen molar-refractivity contribution >= 4 is 16.8 Å². The van der Waals surface area contributed by atoms with Gasteiger partial charge in [0.1, 0.15) is 0 Å². The highest BCUT2D eigenvalue weighted by atomic mass is 16.1. The largest absolute Gasteiger partial charge is 0.361 e. The molecule has 2 aromatic carbocycles. The van der Waals surface area contributed by atoms with Gasteiger partial charge >= 0.3 is 0 Å². The summed E-state index contributed by atoms with van der Waals surface area (Å²) in [5, 5.41) is 4.21. The van der Waals surface area contributed by atoms with E-state index in [1.807, 2.05) is 24.4 Å². The number of aryl methyl sites for hydroxylation is 1. The van der Waals surface area contributed by atoms with Crippen LogP contribution in [-0.2, 0) is 17.6 Å². The number of hydrogen-bond acceptors (Lipinski definition) is 1. The molecule has 3 rings (SSSR count). The Bertz CT molecular complexity index is 746. The fraction of sp³-hybridized carbons (Fsp3) is 0.211. The quantitative estimate of drug-likeness (QED) is 0.718. The molecule has 1 heterocycles. The number of amides is 1. The fourth-order valence-corrected chi connectivity index (χ4v) is 2.60. The molecule has 2 N–H and O–H groups in total. The minimum Gasteiger partial charge on any atom is -0.361 e. The Balaban J connectivity index is 1.43. The average Bonchev–Trinajstić information content (AvgIpc) is 3.02. The Hall–Kier alpha value is -2.55. The SMILES string of the molecule is O=C(CCc1ccccc1)NCCc1ccc2[nH]ccc2c1. The van der Waals surface area contributed by atoms with E-state index in [4.69, 9.17) is 0 Å². The van der Waals surface area contributed by atoms with Gasteiger partial charge in [-0.25, -0.2) is 0 Å². The van der Waals surface area contributed by atoms with E-state index in [0.717, 1.165) is 18.4 Å². The highest BCUT2D eigenvalue weighted by molar-refractivity contribution is 5.80. The van der Waals surface area contributed by atoms with Crippen molar-refractivity contribution in [2.45, 2.75) is 19.3 Å². The van der Waals surface area contributed by atoms with E-state index < -0.39 is 0 Å². The lowest BCUT2D eigenvalue weighted by molar-refractivity contribution is -0.121. The maximum Gasteiger partial charge on any atom is 0.220 e. The molecule has 1 aromatic heterocycles. The van der Waals surface area contributed by atoms with Crippen molar-refractivity contribution in [1.29, 1.82) is 0 Å². The minimum absolute atomic E-state index is 0.117. The van der Waals surface area contributed by atoms with Gasteiger partial charge in [-0.15, -0.1) is 0 Å². The summed E-state index contributed by atoms with van der Waals surface area (Å²) in [6.45, 7) is 0.684. The lowest BCUT2D eigenvalue weighted by Crippen LogP contribution is -2.25. The number of carbonyl (C=O) groups excluding carboxylic acids is 1. The van der Waals surface area contributed by atoms with Crippen LogP contribution in [-0.4, -0.2) is 17.4 Å². The molecule has 22 heavy (non-hydrogen) atoms. The van der Waals surface area contributed by atoms with Crippen LogP contribution in [0.5, 0.6) is 0 Å². The number of aromatic nitrogens is 1. The summed E-state index contributed by atoms with van der Waals surface area (Å²) < 4.78 is 0. The Morgan fingerprint density at radius 1 is 0.955 bits per heavy atom. The summed E-state index contributed by atoms with van der Waals surface area (Å²) in [6, 6.07) is 18.5. The molecule has 0 radical (unpaired) electrons. The van der Waals surface area contributed by atoms with Gasteiger partial charge in [0, 0.05) is 24.7 Å². The molecular formula is C19H20N2O. The summed E-state index contributed by atoms with van der Waals surface area (Å²) >= 11 is 0. The fourth-order valence-electron chi connectivity index (χ4n) is 2.60. The van der Waals surface area contributed by atoms with Gasteiger partial charge in [-0.1, -0.05) is 36.4 Å². The van der Waals surface area contributed by atoms with Crippen molar-refractivity contribution in [1.82, 2.24) is 10.3 Å². The molecule has 1 amide bonds. The molecule has 0 spiro atoms. The van der Waals surface area contributed by atoms with E-state index in [1.54, 1.807) is 0 Å². The molecular weight excluding hydrogens is 272 g/mol. The molecule has 0 atom stereocenters. The second-order valence-corrected chi connectivity index (χ2v) is 5.48. The number of hydrogen-bond donors (Lipinski definition) is 2. The molecule has 0 unspecified atom stereocenters. The molecule has 0 saturated heterocycles. The van der Waals surface area contributed by atoms with E-state index in [2.05, 4.69) is 46.7 Å². The second kappa shape index (κ2) is 6.94. The summed E-state index contributed by atoms with van der Waals surface area (Å²) in [5.41, 5.74) is 3.60. The summed E-state index contributed by atoms with van der Waals surface area (Å²) in [4.78, 5) is 15.0. The molecule has 0 saturated carbocycles. The first-order valence-corrected chi connectivity index (χ1v) is 7.68. The first-order valence-electron chi connectivity index (χ1n) is 7.68. The van der Waals surface area contributed by atoms with Gasteiger partial charge in [-0.2, -0.15) is 0 Å². The zero-order valence-electron chi connectivity index (χ0n) is 12.5. The number of fused-ring (bicyclic) bond motifs is 1. The molecule has 0 aliphatic carbocycles. The Morgan fingerprint density at radius 2 is 1.82 bits per heavy atom. The predicted octanol–water partition coefficient (Wildman–Crippen LogP) is 3.46. The van der Waals surface area contributed by atoms with Crippen molar-refractivity contribution < 1.29 is 4.79 Å². The van der Waals surface area contributed by atoms with Crippen LogP contribution in [0.2, 0.25) is 0 Å². The van der Waals surface area contributed by atoms with E-state index >= 15 is 0 Å². The standard InChI is InChI=1S/C19H20N2O/c22-19(9-7-15-4-2-1-3-5-15)21-12-10-16-6-8-18-17(14-16)11-13-20-18/h1-6,8,11,13-14,20H,7,9-10,12H2,(H,21,22). The number of nitrogens with one attached hydrogen (secondary N) is 2. The first kappa shape index (κ1) is 14.4. The molecule has 0 fully saturated rings. The van der Waals surface area contributed by atoms with Crippen LogP contribution < -0.4 is 5.32 Å². The van der Waals surface area contributed by atoms with E-state index in [9.17, 15) is 4.79 Å². The smallest absolute Gasteiger partial charge is 0.220 e. The van der Waals surface area contributed by atoms with Gasteiger partial charge < -0.3 is 10.3 Å². The maximum absolute atomic E-state index is 11.9. The first-order chi connectivity index (χ1) is 10.8. The maximum atomic E-state index is 11.9. The van der Waals surface area contributed by atoms with Crippen molar-refractivity contribution in [3.05, 3.63) is 71.9 Å². The van der Waals surface area contributed by atoms with E-state index in [0.29, 0.717) is 13.0 Å². The van der Waals surface area contributed by atoms with Crippen molar-refractivity contribution in [2.75, 3.05) is 6.54 Å². The van der Waals surface area contributed by atoms with Crippen LogP contribution in [0.25, 0.3) is 10.9 Å². The molecule has 0 bridgehead atoms. The van der Waals surface area contributed by atoms with Crippen LogP contribution in [0.15, 0.2) is 60.8 Å². The third-order valence-electron chi connectivity index (χ3n) is 3.84. The molecule has 3 nitrogen and oxygen atoms in total. The molecule has 112 valence electrons. The van der Waals surface area contributed by atoms with Gasteiger partial charge in [0.25, 0.3) is 0 Å². The summed E-state index contributed by atoms with van der Waals surface area (Å²) in [6.07, 6.45) is 4.14. The van der Waals surface area contributed by atoms with Crippen LogP contribution in [0, 0.1) is 0 Å². The Morgan fingerprint density at radius 3 is 2.68 bits per heavy atom. The van der Waals surface area contributed by atoms with Crippen LogP contribution in [0.1, 0.15) is 17.5 Å². The zero-order valence-corrected chi connectivity index (χ0v) is 12.5. The minimum atomic E-state index is 0.117. The normalized spacial score (nSPS) is 10.7. The Kier molecular flexibility index (Phi) is 4.54. The topological polar surface area (TPSA) is 44.9 Å². The molecule has 3 heteroatoms. The van der Waals surface area contributed by atoms with Gasteiger partial charge in [0.05, 0.1) is 0 Å². The number of aromatic amines is 1. The Labute approximate surface area is 130 Å². The third kappa shape index (κ3) is 3.76. The third-order valence-corrected chi connectivity index (χ3v) is 3.84. The van der Waals surface area contributed by atoms with Gasteiger partial charge in [0.15, 0.2) is 0 Å². The van der Waals surface area contributed by atoms with Crippen LogP contribution >= 0.6 is 0 Å². The number of H-pyrrole nitrogens is 1. The van der Waals surface area contributed by atoms with Crippen LogP contribution in [0.4, 0.5) is 0 Å². The summed E-state index contributed by atoms with van der Waals surface area (Å²) in [5.74, 6) is 0.117. The van der Waals surface area contributed by atoms with Gasteiger partial charge in [0.2, 0.25) is 5.91 Å². The van der Waals surface area contributed by atoms with E-state index in [-0.39, 0.29) is 5.91 Å². The van der Waals surface area contributed by atoms with Crippen molar-refractivity contribution in [2.24, 2.45) is 0 Å².